The molecule has 2 aromatic rings. The predicted molar refractivity (Wildman–Crippen MR) is 101 cm³/mol. The first-order valence-electron chi connectivity index (χ1n) is 7.28. The number of aryl methyl sites for hydroxylation is 1. The maximum Gasteiger partial charge on any atom is 0.339 e. The molecule has 0 aliphatic carbocycles. The second kappa shape index (κ2) is 8.88. The summed E-state index contributed by atoms with van der Waals surface area (Å²) >= 11 is 3.42. The van der Waals surface area contributed by atoms with Gasteiger partial charge in [-0.05, 0) is 60.5 Å². The van der Waals surface area contributed by atoms with Crippen LogP contribution in [0, 0.1) is 6.92 Å². The highest BCUT2D eigenvalue weighted by molar-refractivity contribution is 9.10. The van der Waals surface area contributed by atoms with Crippen molar-refractivity contribution in [3.05, 3.63) is 70.7 Å². The maximum atomic E-state index is 11.8. The molecule has 6 heteroatoms. The summed E-state index contributed by atoms with van der Waals surface area (Å²) in [6.45, 7) is 6.01. The Labute approximate surface area is 149 Å². The topological polar surface area (TPSA) is 62.7 Å². The first-order valence-corrected chi connectivity index (χ1v) is 8.08. The Morgan fingerprint density at radius 1 is 1.29 bits per heavy atom. The lowest BCUT2D eigenvalue weighted by atomic mass is 10.2. The highest BCUT2D eigenvalue weighted by atomic mass is 79.9. The van der Waals surface area contributed by atoms with Crippen molar-refractivity contribution in [2.45, 2.75) is 6.92 Å². The molecule has 0 aromatic heterocycles. The summed E-state index contributed by atoms with van der Waals surface area (Å²) in [6.07, 6.45) is 3.24. The fourth-order valence-corrected chi connectivity index (χ4v) is 2.10. The molecule has 0 aliphatic heterocycles. The van der Waals surface area contributed by atoms with E-state index in [2.05, 4.69) is 38.4 Å². The van der Waals surface area contributed by atoms with Crippen molar-refractivity contribution < 1.29 is 9.53 Å². The number of anilines is 1. The Balaban J connectivity index is 1.85. The van der Waals surface area contributed by atoms with E-state index in [4.69, 9.17) is 4.74 Å². The van der Waals surface area contributed by atoms with E-state index in [-0.39, 0.29) is 0 Å². The van der Waals surface area contributed by atoms with Gasteiger partial charge in [-0.2, -0.15) is 5.10 Å². The molecule has 0 atom stereocenters. The normalized spacial score (nSPS) is 10.4. The Bertz CT molecular complexity index is 742. The van der Waals surface area contributed by atoms with Gasteiger partial charge in [0.25, 0.3) is 0 Å². The number of carbonyl (C=O) groups excluding carboxylic acids is 1. The number of ether oxygens (including phenoxy) is 1. The number of hydrogen-bond donors (Lipinski definition) is 2. The summed E-state index contributed by atoms with van der Waals surface area (Å²) in [7, 11) is 0. The van der Waals surface area contributed by atoms with Crippen LogP contribution in [0.15, 0.2) is 64.7 Å². The smallest absolute Gasteiger partial charge is 0.339 e. The van der Waals surface area contributed by atoms with Crippen molar-refractivity contribution in [1.29, 1.82) is 0 Å². The van der Waals surface area contributed by atoms with Gasteiger partial charge in [-0.25, -0.2) is 10.2 Å². The third-order valence-electron chi connectivity index (χ3n) is 3.04. The molecule has 0 unspecified atom stereocenters. The molecule has 0 radical (unpaired) electrons. The van der Waals surface area contributed by atoms with Crippen LogP contribution in [0.1, 0.15) is 11.1 Å². The van der Waals surface area contributed by atoms with Gasteiger partial charge in [0.2, 0.25) is 0 Å². The molecule has 2 rings (SSSR count). The molecule has 0 spiro atoms. The highest BCUT2D eigenvalue weighted by Crippen LogP contribution is 2.19. The lowest BCUT2D eigenvalue weighted by Crippen LogP contribution is -2.24. The van der Waals surface area contributed by atoms with Crippen LogP contribution in [0.4, 0.5) is 10.5 Å². The fourth-order valence-electron chi connectivity index (χ4n) is 1.85. The predicted octanol–water partition coefficient (Wildman–Crippen LogP) is 4.48. The fraction of sp³-hybridized carbons (Fsp3) is 0.111. The molecule has 2 aromatic carbocycles. The van der Waals surface area contributed by atoms with Crippen LogP contribution in [0.3, 0.4) is 0 Å². The summed E-state index contributed by atoms with van der Waals surface area (Å²) < 4.78 is 6.38. The van der Waals surface area contributed by atoms with Gasteiger partial charge in [0.15, 0.2) is 0 Å². The second-order valence-corrected chi connectivity index (χ2v) is 5.81. The number of carbonyl (C=O) groups is 1. The van der Waals surface area contributed by atoms with E-state index >= 15 is 0 Å². The van der Waals surface area contributed by atoms with Gasteiger partial charge in [0, 0.05) is 10.2 Å². The van der Waals surface area contributed by atoms with Crippen molar-refractivity contribution in [2.75, 3.05) is 11.9 Å². The van der Waals surface area contributed by atoms with Gasteiger partial charge < -0.3 is 10.1 Å². The zero-order valence-electron chi connectivity index (χ0n) is 13.3. The number of urea groups is 1. The Morgan fingerprint density at radius 2 is 2.04 bits per heavy atom. The largest absolute Gasteiger partial charge is 0.490 e. The van der Waals surface area contributed by atoms with Crippen molar-refractivity contribution in [1.82, 2.24) is 5.43 Å². The molecule has 0 bridgehead atoms. The van der Waals surface area contributed by atoms with Crippen LogP contribution in [0.2, 0.25) is 0 Å². The Kier molecular flexibility index (Phi) is 6.57. The lowest BCUT2D eigenvalue weighted by Gasteiger charge is -2.06. The van der Waals surface area contributed by atoms with Crippen LogP contribution in [-0.4, -0.2) is 18.9 Å². The quantitative estimate of drug-likeness (QED) is 0.436. The highest BCUT2D eigenvalue weighted by Gasteiger charge is 2.02. The summed E-state index contributed by atoms with van der Waals surface area (Å²) in [6, 6.07) is 12.5. The summed E-state index contributed by atoms with van der Waals surface area (Å²) in [5.74, 6) is 0.753. The van der Waals surface area contributed by atoms with Crippen molar-refractivity contribution >= 4 is 33.9 Å². The molecule has 5 nitrogen and oxygen atoms in total. The van der Waals surface area contributed by atoms with Crippen LogP contribution >= 0.6 is 15.9 Å². The minimum atomic E-state index is -0.404. The summed E-state index contributed by atoms with van der Waals surface area (Å²) in [5.41, 5.74) is 5.01. The minimum absolute atomic E-state index is 0.404. The van der Waals surface area contributed by atoms with E-state index in [0.717, 1.165) is 21.3 Å². The van der Waals surface area contributed by atoms with E-state index in [1.807, 2.05) is 49.4 Å². The zero-order chi connectivity index (χ0) is 17.4. The third kappa shape index (κ3) is 5.55. The molecular weight excluding hydrogens is 370 g/mol. The van der Waals surface area contributed by atoms with Crippen LogP contribution in [0.25, 0.3) is 0 Å². The minimum Gasteiger partial charge on any atom is -0.490 e. The number of amides is 2. The van der Waals surface area contributed by atoms with Gasteiger partial charge in [0.05, 0.1) is 6.21 Å². The standard InChI is InChI=1S/C18H18BrN3O2/c1-3-10-24-16-7-4-14(5-8-16)12-20-22-18(23)21-15-6-9-17(19)13(2)11-15/h3-9,11-12H,1,10H2,2H3,(H2,21,22,23)/b20-12+. The first kappa shape index (κ1) is 17.7. The number of rotatable bonds is 6. The monoisotopic (exact) mass is 387 g/mol. The maximum absolute atomic E-state index is 11.8. The third-order valence-corrected chi connectivity index (χ3v) is 3.93. The van der Waals surface area contributed by atoms with Gasteiger partial charge in [0.1, 0.15) is 12.4 Å². The van der Waals surface area contributed by atoms with Crippen molar-refractivity contribution in [3.8, 4) is 5.75 Å². The molecular formula is C18H18BrN3O2. The number of nitrogens with one attached hydrogen (secondary N) is 2. The average molecular weight is 388 g/mol. The van der Waals surface area contributed by atoms with Crippen LogP contribution in [-0.2, 0) is 0 Å². The molecule has 2 amide bonds. The van der Waals surface area contributed by atoms with Crippen molar-refractivity contribution in [2.24, 2.45) is 5.10 Å². The van der Waals surface area contributed by atoms with E-state index in [1.165, 1.54) is 0 Å². The number of benzene rings is 2. The molecule has 2 N–H and O–H groups in total. The molecule has 124 valence electrons. The number of halogens is 1. The molecule has 0 saturated carbocycles. The van der Waals surface area contributed by atoms with Crippen LogP contribution in [0.5, 0.6) is 5.75 Å². The zero-order valence-corrected chi connectivity index (χ0v) is 14.8. The number of nitrogens with zero attached hydrogens (tertiary/aromatic N) is 1. The summed E-state index contributed by atoms with van der Waals surface area (Å²) in [5, 5.41) is 6.63. The van der Waals surface area contributed by atoms with E-state index in [1.54, 1.807) is 12.3 Å². The van der Waals surface area contributed by atoms with Gasteiger partial charge >= 0.3 is 6.03 Å². The van der Waals surface area contributed by atoms with Gasteiger partial charge in [-0.15, -0.1) is 0 Å². The van der Waals surface area contributed by atoms with E-state index in [0.29, 0.717) is 12.3 Å². The number of hydrazone groups is 1. The molecule has 0 heterocycles. The average Bonchev–Trinajstić information content (AvgIpc) is 2.57. The molecule has 24 heavy (non-hydrogen) atoms. The van der Waals surface area contributed by atoms with Gasteiger partial charge in [-0.1, -0.05) is 28.6 Å². The SMILES string of the molecule is C=CCOc1ccc(/C=N/NC(=O)Nc2ccc(Br)c(C)c2)cc1. The summed E-state index contributed by atoms with van der Waals surface area (Å²) in [4.78, 5) is 11.8. The molecule has 0 saturated heterocycles. The van der Waals surface area contributed by atoms with Gasteiger partial charge in [-0.3, -0.25) is 0 Å². The Hall–Kier alpha value is -2.60. The number of hydrogen-bond acceptors (Lipinski definition) is 3. The Morgan fingerprint density at radius 3 is 2.71 bits per heavy atom. The molecule has 0 aliphatic rings. The van der Waals surface area contributed by atoms with Crippen molar-refractivity contribution in [3.63, 3.8) is 0 Å². The van der Waals surface area contributed by atoms with E-state index < -0.39 is 6.03 Å². The second-order valence-electron chi connectivity index (χ2n) is 4.96. The molecule has 0 fully saturated rings. The van der Waals surface area contributed by atoms with E-state index in [9.17, 15) is 4.79 Å². The first-order chi connectivity index (χ1) is 11.6. The van der Waals surface area contributed by atoms with Crippen LogP contribution < -0.4 is 15.5 Å². The lowest BCUT2D eigenvalue weighted by molar-refractivity contribution is 0.252.